The highest BCUT2D eigenvalue weighted by atomic mass is 32.1. The molecule has 1 fully saturated rings. The molecule has 0 saturated carbocycles. The predicted molar refractivity (Wildman–Crippen MR) is 111 cm³/mol. The molecule has 1 atom stereocenters. The van der Waals surface area contributed by atoms with Gasteiger partial charge in [0.15, 0.2) is 5.82 Å². The molecule has 1 aliphatic heterocycles. The Labute approximate surface area is 173 Å². The van der Waals surface area contributed by atoms with Crippen molar-refractivity contribution < 1.29 is 14.6 Å². The molecule has 4 rings (SSSR count). The van der Waals surface area contributed by atoms with Crippen molar-refractivity contribution >= 4 is 22.2 Å². The van der Waals surface area contributed by atoms with E-state index in [-0.39, 0.29) is 17.8 Å². The summed E-state index contributed by atoms with van der Waals surface area (Å²) in [5.74, 6) is 1.70. The van der Waals surface area contributed by atoms with E-state index in [0.717, 1.165) is 35.7 Å². The van der Waals surface area contributed by atoms with Gasteiger partial charge in [-0.1, -0.05) is 30.4 Å². The molecule has 1 amide bonds. The Bertz CT molecular complexity index is 1020. The molecule has 154 valence electrons. The van der Waals surface area contributed by atoms with E-state index < -0.39 is 0 Å². The molecule has 0 radical (unpaired) electrons. The van der Waals surface area contributed by atoms with Gasteiger partial charge in [0, 0.05) is 39.5 Å². The molecule has 0 unspecified atom stereocenters. The van der Waals surface area contributed by atoms with E-state index in [1.54, 1.807) is 14.0 Å². The number of aromatic nitrogens is 3. The summed E-state index contributed by atoms with van der Waals surface area (Å²) in [7, 11) is 1.65. The number of amides is 1. The van der Waals surface area contributed by atoms with Crippen molar-refractivity contribution in [2.45, 2.75) is 26.3 Å². The van der Waals surface area contributed by atoms with Crippen LogP contribution in [-0.4, -0.2) is 68.7 Å². The van der Waals surface area contributed by atoms with E-state index in [4.69, 9.17) is 4.74 Å². The maximum Gasteiger partial charge on any atom is 0.230 e. The summed E-state index contributed by atoms with van der Waals surface area (Å²) in [5, 5.41) is 15.4. The minimum Gasteiger partial charge on any atom is -0.497 e. The smallest absolute Gasteiger partial charge is 0.230 e. The second kappa shape index (κ2) is 8.00. The Balaban J connectivity index is 1.75. The fourth-order valence-electron chi connectivity index (χ4n) is 3.75. The largest absolute Gasteiger partial charge is 0.497 e. The molecule has 2 aromatic heterocycles. The van der Waals surface area contributed by atoms with Crippen LogP contribution in [0.25, 0.3) is 4.96 Å². The molecule has 3 aromatic rings. The normalized spacial score (nSPS) is 16.3. The van der Waals surface area contributed by atoms with E-state index in [9.17, 15) is 9.90 Å². The molecule has 3 heterocycles. The lowest BCUT2D eigenvalue weighted by atomic mass is 10.0. The average molecular weight is 416 g/mol. The van der Waals surface area contributed by atoms with Gasteiger partial charge in [-0.15, -0.1) is 5.10 Å². The lowest BCUT2D eigenvalue weighted by molar-refractivity contribution is -0.130. The van der Waals surface area contributed by atoms with Crippen molar-refractivity contribution in [2.75, 3.05) is 33.3 Å². The van der Waals surface area contributed by atoms with Crippen LogP contribution < -0.4 is 4.74 Å². The van der Waals surface area contributed by atoms with Crippen LogP contribution in [0.3, 0.4) is 0 Å². The molecule has 29 heavy (non-hydrogen) atoms. The van der Waals surface area contributed by atoms with Crippen LogP contribution in [0.5, 0.6) is 11.6 Å². The van der Waals surface area contributed by atoms with Crippen LogP contribution in [0.1, 0.15) is 36.2 Å². The number of hydrogen-bond donors (Lipinski definition) is 1. The lowest BCUT2D eigenvalue weighted by Gasteiger charge is -2.38. The molecular weight excluding hydrogens is 390 g/mol. The number of aryl methyl sites for hydroxylation is 1. The third-order valence-electron chi connectivity index (χ3n) is 5.34. The summed E-state index contributed by atoms with van der Waals surface area (Å²) < 4.78 is 6.95. The number of aromatic hydroxyl groups is 1. The number of benzene rings is 1. The Morgan fingerprint density at radius 1 is 1.31 bits per heavy atom. The first-order chi connectivity index (χ1) is 14.0. The molecule has 0 aliphatic carbocycles. The van der Waals surface area contributed by atoms with E-state index in [2.05, 4.69) is 15.0 Å². The molecule has 1 saturated heterocycles. The molecule has 1 N–H and O–H groups in total. The molecule has 8 nitrogen and oxygen atoms in total. The quantitative estimate of drug-likeness (QED) is 0.689. The first-order valence-corrected chi connectivity index (χ1v) is 10.5. The third kappa shape index (κ3) is 3.67. The lowest BCUT2D eigenvalue weighted by Crippen LogP contribution is -2.49. The van der Waals surface area contributed by atoms with Crippen molar-refractivity contribution in [2.24, 2.45) is 0 Å². The number of nitrogens with zero attached hydrogens (tertiary/aromatic N) is 5. The summed E-state index contributed by atoms with van der Waals surface area (Å²) in [6.07, 6.45) is 0.718. The van der Waals surface area contributed by atoms with Gasteiger partial charge in [-0.25, -0.2) is 4.98 Å². The number of methoxy groups -OCH3 is 1. The van der Waals surface area contributed by atoms with Gasteiger partial charge in [-0.2, -0.15) is 4.52 Å². The summed E-state index contributed by atoms with van der Waals surface area (Å²) in [4.78, 5) is 21.9. The fourth-order valence-corrected chi connectivity index (χ4v) is 4.89. The predicted octanol–water partition coefficient (Wildman–Crippen LogP) is 2.32. The van der Waals surface area contributed by atoms with Gasteiger partial charge in [-0.05, 0) is 17.7 Å². The van der Waals surface area contributed by atoms with E-state index in [1.807, 2.05) is 36.1 Å². The van der Waals surface area contributed by atoms with Gasteiger partial charge in [0.1, 0.15) is 5.75 Å². The Morgan fingerprint density at radius 3 is 2.69 bits per heavy atom. The number of carbonyl (C=O) groups is 1. The fraction of sp³-hybridized carbons (Fsp3) is 0.450. The number of hydrogen-bond acceptors (Lipinski definition) is 7. The SMILES string of the molecule is CCc1nc2sc([C@H](c3cccc(OC)c3)N3CCN(C(C)=O)CC3)c(O)n2n1. The number of fused-ring (bicyclic) bond motifs is 1. The molecule has 9 heteroatoms. The number of rotatable bonds is 5. The van der Waals surface area contributed by atoms with Gasteiger partial charge in [0.2, 0.25) is 16.7 Å². The summed E-state index contributed by atoms with van der Waals surface area (Å²) >= 11 is 1.45. The van der Waals surface area contributed by atoms with Crippen molar-refractivity contribution in [3.8, 4) is 11.6 Å². The number of carbonyl (C=O) groups excluding carboxylic acids is 1. The minimum atomic E-state index is -0.169. The Kier molecular flexibility index (Phi) is 5.42. The first kappa shape index (κ1) is 19.7. The number of piperazine rings is 1. The van der Waals surface area contributed by atoms with Gasteiger partial charge >= 0.3 is 0 Å². The summed E-state index contributed by atoms with van der Waals surface area (Å²) in [6, 6.07) is 7.73. The molecule has 0 bridgehead atoms. The van der Waals surface area contributed by atoms with Crippen LogP contribution in [0.4, 0.5) is 0 Å². The van der Waals surface area contributed by atoms with E-state index >= 15 is 0 Å². The van der Waals surface area contributed by atoms with Crippen LogP contribution in [0.15, 0.2) is 24.3 Å². The van der Waals surface area contributed by atoms with Crippen LogP contribution in [-0.2, 0) is 11.2 Å². The average Bonchev–Trinajstić information content (AvgIpc) is 3.28. The standard InChI is InChI=1S/C20H25N5O3S/c1-4-16-21-20-25(22-16)19(27)18(29-20)17(14-6-5-7-15(12-14)28-3)24-10-8-23(9-11-24)13(2)26/h5-7,12,17,27H,4,8-11H2,1-3H3/t17-/m0/s1. The zero-order chi connectivity index (χ0) is 20.5. The monoisotopic (exact) mass is 415 g/mol. The molecule has 1 aromatic carbocycles. The summed E-state index contributed by atoms with van der Waals surface area (Å²) in [5.41, 5.74) is 1.02. The Morgan fingerprint density at radius 2 is 2.07 bits per heavy atom. The van der Waals surface area contributed by atoms with E-state index in [0.29, 0.717) is 23.9 Å². The first-order valence-electron chi connectivity index (χ1n) is 9.72. The highest BCUT2D eigenvalue weighted by Gasteiger charge is 2.32. The van der Waals surface area contributed by atoms with Crippen LogP contribution >= 0.6 is 11.3 Å². The zero-order valence-corrected chi connectivity index (χ0v) is 17.6. The highest BCUT2D eigenvalue weighted by molar-refractivity contribution is 7.17. The van der Waals surface area contributed by atoms with Gasteiger partial charge in [0.05, 0.1) is 18.0 Å². The second-order valence-electron chi connectivity index (χ2n) is 7.09. The number of ether oxygens (including phenoxy) is 1. The van der Waals surface area contributed by atoms with Crippen molar-refractivity contribution in [1.29, 1.82) is 0 Å². The highest BCUT2D eigenvalue weighted by Crippen LogP contribution is 2.41. The topological polar surface area (TPSA) is 83.2 Å². The zero-order valence-electron chi connectivity index (χ0n) is 16.8. The van der Waals surface area contributed by atoms with Gasteiger partial charge in [-0.3, -0.25) is 9.69 Å². The summed E-state index contributed by atoms with van der Waals surface area (Å²) in [6.45, 7) is 6.36. The molecule has 0 spiro atoms. The molecule has 1 aliphatic rings. The maximum absolute atomic E-state index is 11.7. The van der Waals surface area contributed by atoms with Gasteiger partial charge in [0.25, 0.3) is 0 Å². The van der Waals surface area contributed by atoms with Crippen LogP contribution in [0.2, 0.25) is 0 Å². The van der Waals surface area contributed by atoms with Gasteiger partial charge < -0.3 is 14.7 Å². The minimum absolute atomic E-state index is 0.0938. The number of thiazole rings is 1. The van der Waals surface area contributed by atoms with Crippen molar-refractivity contribution in [3.63, 3.8) is 0 Å². The molecular formula is C20H25N5O3S. The van der Waals surface area contributed by atoms with Crippen molar-refractivity contribution in [3.05, 3.63) is 40.5 Å². The Hall–Kier alpha value is -2.65. The van der Waals surface area contributed by atoms with Crippen molar-refractivity contribution in [1.82, 2.24) is 24.4 Å². The third-order valence-corrected chi connectivity index (χ3v) is 6.41. The maximum atomic E-state index is 11.7. The van der Waals surface area contributed by atoms with Crippen LogP contribution in [0, 0.1) is 0 Å². The second-order valence-corrected chi connectivity index (χ2v) is 8.10. The van der Waals surface area contributed by atoms with E-state index in [1.165, 1.54) is 15.9 Å².